The van der Waals surface area contributed by atoms with Gasteiger partial charge in [-0.1, -0.05) is 0 Å². The number of hydrogen-bond donors (Lipinski definition) is 1. The molecule has 106 valence electrons. The minimum atomic E-state index is 0.450. The first kappa shape index (κ1) is 13.5. The van der Waals surface area contributed by atoms with Crippen molar-refractivity contribution in [2.24, 2.45) is 0 Å². The van der Waals surface area contributed by atoms with Gasteiger partial charge in [0.1, 0.15) is 0 Å². The maximum Gasteiger partial charge on any atom is 0.188 e. The number of nitrogens with zero attached hydrogens (tertiary/aromatic N) is 4. The number of anilines is 2. The minimum Gasteiger partial charge on any atom is -0.315 e. The summed E-state index contributed by atoms with van der Waals surface area (Å²) in [6.07, 6.45) is 7.78. The zero-order valence-corrected chi connectivity index (χ0v) is 12.7. The van der Waals surface area contributed by atoms with Gasteiger partial charge in [-0.2, -0.15) is 0 Å². The quantitative estimate of drug-likeness (QED) is 0.941. The Hall–Kier alpha value is -1.53. The second kappa shape index (κ2) is 5.85. The molecule has 2 aromatic rings. The number of nitrogens with one attached hydrogen (secondary N) is 1. The number of aromatic nitrogens is 3. The van der Waals surface area contributed by atoms with Crippen LogP contribution in [0.25, 0.3) is 0 Å². The molecule has 5 nitrogen and oxygen atoms in total. The summed E-state index contributed by atoms with van der Waals surface area (Å²) in [4.78, 5) is 16.9. The molecule has 2 aromatic heterocycles. The lowest BCUT2D eigenvalue weighted by Gasteiger charge is -2.29. The fourth-order valence-electron chi connectivity index (χ4n) is 2.65. The van der Waals surface area contributed by atoms with E-state index in [0.29, 0.717) is 5.92 Å². The van der Waals surface area contributed by atoms with Crippen molar-refractivity contribution < 1.29 is 0 Å². The van der Waals surface area contributed by atoms with Crippen molar-refractivity contribution in [1.29, 1.82) is 0 Å². The van der Waals surface area contributed by atoms with Gasteiger partial charge < -0.3 is 10.2 Å². The van der Waals surface area contributed by atoms with Gasteiger partial charge in [-0.15, -0.1) is 11.3 Å². The molecule has 1 aliphatic rings. The van der Waals surface area contributed by atoms with Crippen LogP contribution in [0.5, 0.6) is 0 Å². The first-order chi connectivity index (χ1) is 9.72. The summed E-state index contributed by atoms with van der Waals surface area (Å²) >= 11 is 1.64. The van der Waals surface area contributed by atoms with E-state index < -0.39 is 0 Å². The highest BCUT2D eigenvalue weighted by Crippen LogP contribution is 2.30. The van der Waals surface area contributed by atoms with Gasteiger partial charge in [0.15, 0.2) is 10.9 Å². The van der Waals surface area contributed by atoms with Crippen LogP contribution in [-0.4, -0.2) is 40.0 Å². The predicted octanol–water partition coefficient (Wildman–Crippen LogP) is 2.79. The standard InChI is InChI=1S/C14H19N5S/c1-10-8-17-14(20-10)18-13-12(15-5-6-16-13)11-4-3-7-19(2)9-11/h5-6,8,11H,3-4,7,9H2,1-2H3,(H,16,17,18). The topological polar surface area (TPSA) is 53.9 Å². The lowest BCUT2D eigenvalue weighted by molar-refractivity contribution is 0.248. The van der Waals surface area contributed by atoms with E-state index in [-0.39, 0.29) is 0 Å². The Morgan fingerprint density at radius 2 is 2.15 bits per heavy atom. The maximum atomic E-state index is 4.56. The molecule has 3 heterocycles. The van der Waals surface area contributed by atoms with Gasteiger partial charge in [0.25, 0.3) is 0 Å². The van der Waals surface area contributed by atoms with Crippen molar-refractivity contribution in [2.45, 2.75) is 25.7 Å². The molecule has 1 atom stereocenters. The molecule has 6 heteroatoms. The van der Waals surface area contributed by atoms with Crippen LogP contribution in [0, 0.1) is 6.92 Å². The van der Waals surface area contributed by atoms with E-state index in [4.69, 9.17) is 0 Å². The van der Waals surface area contributed by atoms with Gasteiger partial charge in [-0.05, 0) is 33.4 Å². The molecule has 3 rings (SSSR count). The molecule has 1 unspecified atom stereocenters. The second-order valence-corrected chi connectivity index (χ2v) is 6.53. The Morgan fingerprint density at radius 3 is 2.90 bits per heavy atom. The third-order valence-electron chi connectivity index (χ3n) is 3.58. The Morgan fingerprint density at radius 1 is 1.30 bits per heavy atom. The summed E-state index contributed by atoms with van der Waals surface area (Å²) in [7, 11) is 2.17. The van der Waals surface area contributed by atoms with Crippen LogP contribution in [0.2, 0.25) is 0 Å². The van der Waals surface area contributed by atoms with Crippen LogP contribution < -0.4 is 5.32 Å². The normalized spacial score (nSPS) is 20.0. The zero-order chi connectivity index (χ0) is 13.9. The van der Waals surface area contributed by atoms with Crippen molar-refractivity contribution in [3.63, 3.8) is 0 Å². The summed E-state index contributed by atoms with van der Waals surface area (Å²) < 4.78 is 0. The van der Waals surface area contributed by atoms with E-state index in [1.54, 1.807) is 23.7 Å². The van der Waals surface area contributed by atoms with Crippen LogP contribution >= 0.6 is 11.3 Å². The van der Waals surface area contributed by atoms with Crippen LogP contribution in [0.3, 0.4) is 0 Å². The third-order valence-corrected chi connectivity index (χ3v) is 4.41. The average molecular weight is 289 g/mol. The van der Waals surface area contributed by atoms with Crippen LogP contribution in [-0.2, 0) is 0 Å². The summed E-state index contributed by atoms with van der Waals surface area (Å²) in [6, 6.07) is 0. The minimum absolute atomic E-state index is 0.450. The monoisotopic (exact) mass is 289 g/mol. The molecular weight excluding hydrogens is 270 g/mol. The molecule has 1 aliphatic heterocycles. The van der Waals surface area contributed by atoms with E-state index in [1.807, 2.05) is 6.20 Å². The van der Waals surface area contributed by atoms with Crippen LogP contribution in [0.15, 0.2) is 18.6 Å². The molecular formula is C14H19N5S. The van der Waals surface area contributed by atoms with Gasteiger partial charge >= 0.3 is 0 Å². The van der Waals surface area contributed by atoms with Crippen molar-refractivity contribution in [3.8, 4) is 0 Å². The zero-order valence-electron chi connectivity index (χ0n) is 11.8. The Kier molecular flexibility index (Phi) is 3.93. The highest BCUT2D eigenvalue weighted by atomic mass is 32.1. The molecule has 1 saturated heterocycles. The van der Waals surface area contributed by atoms with Crippen molar-refractivity contribution in [3.05, 3.63) is 29.2 Å². The average Bonchev–Trinajstić information content (AvgIpc) is 2.85. The second-order valence-electron chi connectivity index (χ2n) is 5.29. The molecule has 1 N–H and O–H groups in total. The number of thiazole rings is 1. The maximum absolute atomic E-state index is 4.56. The molecule has 0 aliphatic carbocycles. The first-order valence-electron chi connectivity index (χ1n) is 6.91. The van der Waals surface area contributed by atoms with Gasteiger partial charge in [0, 0.05) is 35.9 Å². The fourth-order valence-corrected chi connectivity index (χ4v) is 3.31. The van der Waals surface area contributed by atoms with E-state index in [2.05, 4.69) is 39.1 Å². The highest BCUT2D eigenvalue weighted by Gasteiger charge is 2.23. The molecule has 0 amide bonds. The largest absolute Gasteiger partial charge is 0.315 e. The molecule has 20 heavy (non-hydrogen) atoms. The molecule has 0 bridgehead atoms. The number of hydrogen-bond acceptors (Lipinski definition) is 6. The number of aryl methyl sites for hydroxylation is 1. The molecule has 0 saturated carbocycles. The van der Waals surface area contributed by atoms with Gasteiger partial charge in [-0.3, -0.25) is 4.98 Å². The number of piperidine rings is 1. The SMILES string of the molecule is Cc1cnc(Nc2nccnc2C2CCCN(C)C2)s1. The van der Waals surface area contributed by atoms with Crippen LogP contribution in [0.1, 0.15) is 29.3 Å². The van der Waals surface area contributed by atoms with E-state index >= 15 is 0 Å². The molecule has 0 radical (unpaired) electrons. The molecule has 0 spiro atoms. The summed E-state index contributed by atoms with van der Waals surface area (Å²) in [5.41, 5.74) is 1.06. The number of likely N-dealkylation sites (N-methyl/N-ethyl adjacent to an activating group) is 1. The lowest BCUT2D eigenvalue weighted by Crippen LogP contribution is -2.31. The van der Waals surface area contributed by atoms with Crippen molar-refractivity contribution >= 4 is 22.3 Å². The number of likely N-dealkylation sites (tertiary alicyclic amines) is 1. The van der Waals surface area contributed by atoms with Gasteiger partial charge in [0.05, 0.1) is 5.69 Å². The number of rotatable bonds is 3. The Balaban J connectivity index is 1.84. The summed E-state index contributed by atoms with van der Waals surface area (Å²) in [5.74, 6) is 1.30. The van der Waals surface area contributed by atoms with Crippen LogP contribution in [0.4, 0.5) is 10.9 Å². The molecule has 1 fully saturated rings. The molecule has 0 aromatic carbocycles. The summed E-state index contributed by atoms with van der Waals surface area (Å²) in [6.45, 7) is 4.27. The van der Waals surface area contributed by atoms with Gasteiger partial charge in [-0.25, -0.2) is 9.97 Å². The first-order valence-corrected chi connectivity index (χ1v) is 7.73. The van der Waals surface area contributed by atoms with E-state index in [0.717, 1.165) is 23.2 Å². The van der Waals surface area contributed by atoms with Crippen molar-refractivity contribution in [1.82, 2.24) is 19.9 Å². The fraction of sp³-hybridized carbons (Fsp3) is 0.500. The van der Waals surface area contributed by atoms with E-state index in [9.17, 15) is 0 Å². The summed E-state index contributed by atoms with van der Waals surface area (Å²) in [5, 5.41) is 4.20. The van der Waals surface area contributed by atoms with Crippen molar-refractivity contribution in [2.75, 3.05) is 25.5 Å². The highest BCUT2D eigenvalue weighted by molar-refractivity contribution is 7.15. The predicted molar refractivity (Wildman–Crippen MR) is 81.6 cm³/mol. The smallest absolute Gasteiger partial charge is 0.188 e. The third kappa shape index (κ3) is 2.96. The lowest BCUT2D eigenvalue weighted by atomic mass is 9.95. The van der Waals surface area contributed by atoms with Gasteiger partial charge in [0.2, 0.25) is 0 Å². The Bertz CT molecular complexity index is 582. The Labute approximate surface area is 123 Å². The van der Waals surface area contributed by atoms with E-state index in [1.165, 1.54) is 24.3 Å².